The van der Waals surface area contributed by atoms with E-state index in [0.29, 0.717) is 5.56 Å². The topological polar surface area (TPSA) is 231 Å². The molecule has 1 aromatic carbocycles. The van der Waals surface area contributed by atoms with E-state index in [1.807, 2.05) is 27.7 Å². The van der Waals surface area contributed by atoms with Gasteiger partial charge in [-0.2, -0.15) is 0 Å². The molecule has 1 heterocycles. The van der Waals surface area contributed by atoms with Gasteiger partial charge in [0, 0.05) is 38.9 Å². The Labute approximate surface area is 260 Å². The lowest BCUT2D eigenvalue weighted by Crippen LogP contribution is -2.51. The SMILES string of the molecule is CC(=O)OCc1ccc(NC(=O)CNC(=O)C(NC(C)C)C(C)C)c(OC2CC(O)CC(C(=O)NCCNC(=O)C(=O)O)O2)c1. The van der Waals surface area contributed by atoms with Crippen LogP contribution in [0.5, 0.6) is 5.75 Å². The summed E-state index contributed by atoms with van der Waals surface area (Å²) in [5.74, 6) is -4.81. The van der Waals surface area contributed by atoms with Crippen molar-refractivity contribution in [1.82, 2.24) is 21.3 Å². The standard InChI is InChI=1S/C29H43N5O11/c1-15(2)25(33-16(3)4)27(39)32-13-23(37)34-20-7-6-18(14-43-17(5)35)10-21(20)44-24-12-19(36)11-22(45-24)26(38)30-8-9-31-28(40)29(41)42/h6-7,10,15-16,19,22,24-25,33,36H,8-9,11-14H2,1-5H3,(H,30,38)(H,31,40)(H,32,39)(H,34,37)(H,41,42). The van der Waals surface area contributed by atoms with Gasteiger partial charge in [0.2, 0.25) is 24.0 Å². The zero-order valence-electron chi connectivity index (χ0n) is 26.0. The van der Waals surface area contributed by atoms with Crippen LogP contribution in [0.15, 0.2) is 18.2 Å². The van der Waals surface area contributed by atoms with Crippen LogP contribution in [0.4, 0.5) is 5.69 Å². The zero-order chi connectivity index (χ0) is 33.7. The third kappa shape index (κ3) is 13.1. The van der Waals surface area contributed by atoms with Crippen molar-refractivity contribution in [2.24, 2.45) is 5.92 Å². The second-order valence-electron chi connectivity index (χ2n) is 11.1. The number of aliphatic hydroxyl groups excluding tert-OH is 1. The number of hydrogen-bond acceptors (Lipinski definition) is 11. The monoisotopic (exact) mass is 637 g/mol. The lowest BCUT2D eigenvalue weighted by Gasteiger charge is -2.33. The van der Waals surface area contributed by atoms with Crippen molar-refractivity contribution in [3.05, 3.63) is 23.8 Å². The Kier molecular flexibility index (Phi) is 14.7. The Morgan fingerprint density at radius 2 is 1.69 bits per heavy atom. The highest BCUT2D eigenvalue weighted by Crippen LogP contribution is 2.31. The minimum absolute atomic E-state index is 0.0183. The molecule has 7 N–H and O–H groups in total. The first-order valence-corrected chi connectivity index (χ1v) is 14.5. The van der Waals surface area contributed by atoms with Gasteiger partial charge in [0.05, 0.1) is 24.4 Å². The number of anilines is 1. The van der Waals surface area contributed by atoms with Crippen LogP contribution in [-0.2, 0) is 44.8 Å². The van der Waals surface area contributed by atoms with E-state index in [-0.39, 0.29) is 68.4 Å². The lowest BCUT2D eigenvalue weighted by atomic mass is 10.0. The van der Waals surface area contributed by atoms with Crippen LogP contribution in [0.1, 0.15) is 53.0 Å². The Morgan fingerprint density at radius 3 is 2.31 bits per heavy atom. The van der Waals surface area contributed by atoms with E-state index in [4.69, 9.17) is 19.3 Å². The fourth-order valence-corrected chi connectivity index (χ4v) is 4.24. The van der Waals surface area contributed by atoms with Gasteiger partial charge in [-0.25, -0.2) is 4.79 Å². The van der Waals surface area contributed by atoms with E-state index in [9.17, 15) is 33.9 Å². The molecule has 4 atom stereocenters. The number of carbonyl (C=O) groups is 6. The fraction of sp³-hybridized carbons (Fsp3) is 0.586. The number of benzene rings is 1. The first-order valence-electron chi connectivity index (χ1n) is 14.5. The van der Waals surface area contributed by atoms with Gasteiger partial charge in [0.1, 0.15) is 18.5 Å². The number of hydrogen-bond donors (Lipinski definition) is 7. The number of aliphatic hydroxyl groups is 1. The van der Waals surface area contributed by atoms with Gasteiger partial charge in [-0.15, -0.1) is 0 Å². The Balaban J connectivity index is 2.11. The maximum absolute atomic E-state index is 12.8. The van der Waals surface area contributed by atoms with Crippen molar-refractivity contribution in [3.8, 4) is 5.75 Å². The largest absolute Gasteiger partial charge is 0.474 e. The molecule has 1 aromatic rings. The van der Waals surface area contributed by atoms with Crippen LogP contribution in [0.3, 0.4) is 0 Å². The molecule has 0 bridgehead atoms. The molecule has 16 nitrogen and oxygen atoms in total. The van der Waals surface area contributed by atoms with Crippen molar-refractivity contribution in [3.63, 3.8) is 0 Å². The van der Waals surface area contributed by atoms with Crippen molar-refractivity contribution < 1.29 is 53.2 Å². The van der Waals surface area contributed by atoms with Gasteiger partial charge in [-0.1, -0.05) is 33.8 Å². The summed E-state index contributed by atoms with van der Waals surface area (Å²) < 4.78 is 16.8. The number of aliphatic carboxylic acids is 1. The van der Waals surface area contributed by atoms with Crippen LogP contribution < -0.4 is 31.3 Å². The molecule has 1 saturated heterocycles. The van der Waals surface area contributed by atoms with Crippen LogP contribution >= 0.6 is 0 Å². The van der Waals surface area contributed by atoms with E-state index < -0.39 is 54.2 Å². The highest BCUT2D eigenvalue weighted by atomic mass is 16.7. The van der Waals surface area contributed by atoms with Gasteiger partial charge >= 0.3 is 17.8 Å². The molecule has 1 aliphatic heterocycles. The number of carbonyl (C=O) groups excluding carboxylic acids is 5. The molecule has 2 rings (SSSR count). The fourth-order valence-electron chi connectivity index (χ4n) is 4.24. The predicted octanol–water partition coefficient (Wildman–Crippen LogP) is -0.611. The first kappa shape index (κ1) is 36.9. The average molecular weight is 638 g/mol. The third-order valence-electron chi connectivity index (χ3n) is 6.37. The molecule has 4 amide bonds. The van der Waals surface area contributed by atoms with E-state index in [0.717, 1.165) is 0 Å². The highest BCUT2D eigenvalue weighted by molar-refractivity contribution is 6.31. The molecule has 0 saturated carbocycles. The highest BCUT2D eigenvalue weighted by Gasteiger charge is 2.34. The molecular weight excluding hydrogens is 594 g/mol. The maximum Gasteiger partial charge on any atom is 0.394 e. The van der Waals surface area contributed by atoms with Gasteiger partial charge in [-0.3, -0.25) is 24.0 Å². The number of carboxylic acids is 1. The lowest BCUT2D eigenvalue weighted by molar-refractivity contribution is -0.184. The molecule has 4 unspecified atom stereocenters. The van der Waals surface area contributed by atoms with E-state index >= 15 is 0 Å². The summed E-state index contributed by atoms with van der Waals surface area (Å²) >= 11 is 0. The minimum atomic E-state index is -1.66. The molecule has 0 spiro atoms. The number of nitrogens with one attached hydrogen (secondary N) is 5. The van der Waals surface area contributed by atoms with Gasteiger partial charge < -0.3 is 51.0 Å². The second kappa shape index (κ2) is 17.9. The number of rotatable bonds is 15. The van der Waals surface area contributed by atoms with E-state index in [2.05, 4.69) is 26.6 Å². The second-order valence-corrected chi connectivity index (χ2v) is 11.1. The molecular formula is C29H43N5O11. The summed E-state index contributed by atoms with van der Waals surface area (Å²) in [6.45, 7) is 8.21. The number of carboxylic acid groups (broad SMARTS) is 1. The van der Waals surface area contributed by atoms with Crippen molar-refractivity contribution in [2.45, 2.75) is 84.6 Å². The van der Waals surface area contributed by atoms with Gasteiger partial charge in [-0.05, 0) is 23.6 Å². The Hall–Kier alpha value is -4.28. The normalized spacial score (nSPS) is 18.4. The zero-order valence-corrected chi connectivity index (χ0v) is 26.0. The Morgan fingerprint density at radius 1 is 1.00 bits per heavy atom. The van der Waals surface area contributed by atoms with E-state index in [1.54, 1.807) is 6.07 Å². The van der Waals surface area contributed by atoms with E-state index in [1.165, 1.54) is 19.1 Å². The van der Waals surface area contributed by atoms with Crippen LogP contribution in [0.25, 0.3) is 0 Å². The first-order chi connectivity index (χ1) is 21.2. The van der Waals surface area contributed by atoms with Crippen LogP contribution in [-0.4, -0.2) is 96.0 Å². The van der Waals surface area contributed by atoms with Gasteiger partial charge in [0.25, 0.3) is 0 Å². The average Bonchev–Trinajstić information content (AvgIpc) is 2.96. The number of ether oxygens (including phenoxy) is 3. The van der Waals surface area contributed by atoms with Crippen LogP contribution in [0, 0.1) is 5.92 Å². The molecule has 1 fully saturated rings. The minimum Gasteiger partial charge on any atom is -0.474 e. The molecule has 0 radical (unpaired) electrons. The Bertz CT molecular complexity index is 1220. The molecule has 0 aromatic heterocycles. The maximum atomic E-state index is 12.8. The van der Waals surface area contributed by atoms with Crippen molar-refractivity contribution in [1.29, 1.82) is 0 Å². The molecule has 0 aliphatic carbocycles. The van der Waals surface area contributed by atoms with Gasteiger partial charge in [0.15, 0.2) is 0 Å². The number of amides is 4. The molecule has 45 heavy (non-hydrogen) atoms. The summed E-state index contributed by atoms with van der Waals surface area (Å²) in [6.07, 6.45) is -3.33. The summed E-state index contributed by atoms with van der Waals surface area (Å²) in [6, 6.07) is 4.17. The smallest absolute Gasteiger partial charge is 0.394 e. The van der Waals surface area contributed by atoms with Crippen LogP contribution in [0.2, 0.25) is 0 Å². The third-order valence-corrected chi connectivity index (χ3v) is 6.37. The quantitative estimate of drug-likeness (QED) is 0.0725. The number of esters is 1. The summed E-state index contributed by atoms with van der Waals surface area (Å²) in [7, 11) is 0. The molecule has 1 aliphatic rings. The molecule has 16 heteroatoms. The summed E-state index contributed by atoms with van der Waals surface area (Å²) in [5, 5.41) is 32.1. The van der Waals surface area contributed by atoms with Crippen molar-refractivity contribution >= 4 is 41.3 Å². The van der Waals surface area contributed by atoms with Crippen molar-refractivity contribution in [2.75, 3.05) is 25.0 Å². The summed E-state index contributed by atoms with van der Waals surface area (Å²) in [5.41, 5.74) is 0.709. The summed E-state index contributed by atoms with van der Waals surface area (Å²) in [4.78, 5) is 71.2. The predicted molar refractivity (Wildman–Crippen MR) is 159 cm³/mol. The molecule has 250 valence electrons.